The van der Waals surface area contributed by atoms with Gasteiger partial charge in [-0.15, -0.1) is 0 Å². The first-order valence-corrected chi connectivity index (χ1v) is 6.27. The van der Waals surface area contributed by atoms with Gasteiger partial charge < -0.3 is 14.6 Å². The molecule has 2 fully saturated rings. The summed E-state index contributed by atoms with van der Waals surface area (Å²) in [5.41, 5.74) is 1.39. The Kier molecular flexibility index (Phi) is 3.02. The molecule has 0 spiro atoms. The molecule has 0 radical (unpaired) electrons. The van der Waals surface area contributed by atoms with Crippen LogP contribution < -0.4 is 0 Å². The summed E-state index contributed by atoms with van der Waals surface area (Å²) in [6.07, 6.45) is -0.792. The molecular weight excluding hydrogens is 264 g/mol. The van der Waals surface area contributed by atoms with Crippen LogP contribution in [-0.2, 0) is 23.9 Å². The normalized spacial score (nSPS) is 29.4. The van der Waals surface area contributed by atoms with Gasteiger partial charge in [-0.25, -0.2) is 0 Å². The molecule has 3 unspecified atom stereocenters. The Morgan fingerprint density at radius 2 is 1.55 bits per heavy atom. The zero-order valence-electron chi connectivity index (χ0n) is 10.4. The van der Waals surface area contributed by atoms with Crippen LogP contribution >= 0.6 is 0 Å². The lowest BCUT2D eigenvalue weighted by Crippen LogP contribution is -2.08. The minimum absolute atomic E-state index is 0.0440. The Morgan fingerprint density at radius 1 is 0.950 bits per heavy atom. The van der Waals surface area contributed by atoms with Crippen molar-refractivity contribution in [2.24, 2.45) is 0 Å². The second-order valence-corrected chi connectivity index (χ2v) is 4.90. The van der Waals surface area contributed by atoms with E-state index in [9.17, 15) is 19.5 Å². The fraction of sp³-hybridized carbons (Fsp3) is 0.357. The quantitative estimate of drug-likeness (QED) is 0.628. The molecular formula is C14H12O6. The van der Waals surface area contributed by atoms with E-state index in [1.807, 2.05) is 0 Å². The van der Waals surface area contributed by atoms with Gasteiger partial charge in [0.1, 0.15) is 0 Å². The minimum atomic E-state index is -1.06. The van der Waals surface area contributed by atoms with E-state index < -0.39 is 36.0 Å². The number of esters is 3. The molecule has 0 aliphatic carbocycles. The molecule has 2 saturated heterocycles. The van der Waals surface area contributed by atoms with Crippen LogP contribution in [-0.4, -0.2) is 29.3 Å². The van der Waals surface area contributed by atoms with Gasteiger partial charge in [0.2, 0.25) is 6.29 Å². The largest absolute Gasteiger partial charge is 0.435 e. The van der Waals surface area contributed by atoms with Crippen LogP contribution in [0.4, 0.5) is 0 Å². The molecule has 0 aromatic heterocycles. The maximum Gasteiger partial charge on any atom is 0.321 e. The molecule has 2 aliphatic heterocycles. The maximum atomic E-state index is 11.5. The van der Waals surface area contributed by atoms with Gasteiger partial charge in [-0.3, -0.25) is 14.4 Å². The Morgan fingerprint density at radius 3 is 2.00 bits per heavy atom. The predicted molar refractivity (Wildman–Crippen MR) is 64.4 cm³/mol. The highest BCUT2D eigenvalue weighted by molar-refractivity contribution is 5.97. The van der Waals surface area contributed by atoms with E-state index in [-0.39, 0.29) is 12.8 Å². The Hall–Kier alpha value is -2.21. The molecule has 0 amide bonds. The molecule has 20 heavy (non-hydrogen) atoms. The summed E-state index contributed by atoms with van der Waals surface area (Å²) >= 11 is 0. The predicted octanol–water partition coefficient (Wildman–Crippen LogP) is 0.593. The SMILES string of the molecule is O=C1CC(c2ccc(C3CC(O)OC3=O)cc2)C(=O)O1. The summed E-state index contributed by atoms with van der Waals surface area (Å²) < 4.78 is 9.19. The van der Waals surface area contributed by atoms with Crippen molar-refractivity contribution < 1.29 is 29.0 Å². The van der Waals surface area contributed by atoms with E-state index in [1.54, 1.807) is 24.3 Å². The van der Waals surface area contributed by atoms with E-state index in [0.717, 1.165) is 0 Å². The highest BCUT2D eigenvalue weighted by atomic mass is 16.6. The van der Waals surface area contributed by atoms with Gasteiger partial charge in [-0.05, 0) is 11.1 Å². The van der Waals surface area contributed by atoms with Crippen molar-refractivity contribution in [3.05, 3.63) is 35.4 Å². The summed E-state index contributed by atoms with van der Waals surface area (Å²) in [5, 5.41) is 9.28. The summed E-state index contributed by atoms with van der Waals surface area (Å²) in [6, 6.07) is 6.79. The molecule has 3 rings (SSSR count). The van der Waals surface area contributed by atoms with Crippen LogP contribution in [0.1, 0.15) is 35.8 Å². The number of carbonyl (C=O) groups excluding carboxylic acids is 3. The standard InChI is InChI=1S/C14H12O6/c15-11-5-9(13(17)19-11)7-1-2-8(4-3-7)10-6-12(16)20-14(10)18/h1-4,9-11,15H,5-6H2. The van der Waals surface area contributed by atoms with Crippen molar-refractivity contribution in [3.8, 4) is 0 Å². The number of cyclic esters (lactones) is 3. The maximum absolute atomic E-state index is 11.5. The third-order valence-corrected chi connectivity index (χ3v) is 3.58. The van der Waals surface area contributed by atoms with Crippen LogP contribution in [0.5, 0.6) is 0 Å². The van der Waals surface area contributed by atoms with Crippen LogP contribution in [0.3, 0.4) is 0 Å². The van der Waals surface area contributed by atoms with Gasteiger partial charge in [-0.1, -0.05) is 24.3 Å². The number of benzene rings is 1. The third-order valence-electron chi connectivity index (χ3n) is 3.58. The van der Waals surface area contributed by atoms with Crippen LogP contribution in [0.2, 0.25) is 0 Å². The summed E-state index contributed by atoms with van der Waals surface area (Å²) in [6.45, 7) is 0. The van der Waals surface area contributed by atoms with Gasteiger partial charge in [-0.2, -0.15) is 0 Å². The molecule has 2 heterocycles. The van der Waals surface area contributed by atoms with Gasteiger partial charge in [0.15, 0.2) is 0 Å². The lowest BCUT2D eigenvalue weighted by molar-refractivity contribution is -0.155. The highest BCUT2D eigenvalue weighted by Crippen LogP contribution is 2.32. The van der Waals surface area contributed by atoms with Gasteiger partial charge in [0.05, 0.1) is 18.3 Å². The number of ether oxygens (including phenoxy) is 2. The van der Waals surface area contributed by atoms with Crippen molar-refractivity contribution >= 4 is 17.9 Å². The monoisotopic (exact) mass is 276 g/mol. The smallest absolute Gasteiger partial charge is 0.321 e. The molecule has 104 valence electrons. The van der Waals surface area contributed by atoms with Gasteiger partial charge in [0.25, 0.3) is 0 Å². The number of hydrogen-bond donors (Lipinski definition) is 1. The molecule has 3 atom stereocenters. The van der Waals surface area contributed by atoms with Crippen molar-refractivity contribution in [3.63, 3.8) is 0 Å². The number of hydrogen-bond acceptors (Lipinski definition) is 6. The fourth-order valence-electron chi connectivity index (χ4n) is 2.52. The first-order valence-electron chi connectivity index (χ1n) is 6.27. The average Bonchev–Trinajstić information content (AvgIpc) is 2.92. The van der Waals surface area contributed by atoms with Gasteiger partial charge in [0, 0.05) is 6.42 Å². The zero-order valence-corrected chi connectivity index (χ0v) is 10.4. The first-order chi connectivity index (χ1) is 9.54. The van der Waals surface area contributed by atoms with Crippen LogP contribution in [0.25, 0.3) is 0 Å². The Balaban J connectivity index is 1.80. The lowest BCUT2D eigenvalue weighted by atomic mass is 9.92. The van der Waals surface area contributed by atoms with E-state index in [2.05, 4.69) is 9.47 Å². The lowest BCUT2D eigenvalue weighted by Gasteiger charge is -2.09. The molecule has 1 N–H and O–H groups in total. The number of carbonyl (C=O) groups is 3. The van der Waals surface area contributed by atoms with Crippen LogP contribution in [0, 0.1) is 0 Å². The average molecular weight is 276 g/mol. The fourth-order valence-corrected chi connectivity index (χ4v) is 2.52. The number of aliphatic hydroxyl groups excluding tert-OH is 1. The number of aliphatic hydroxyl groups is 1. The molecule has 2 aliphatic rings. The van der Waals surface area contributed by atoms with Crippen molar-refractivity contribution in [2.75, 3.05) is 0 Å². The van der Waals surface area contributed by atoms with E-state index >= 15 is 0 Å². The van der Waals surface area contributed by atoms with Crippen molar-refractivity contribution in [1.82, 2.24) is 0 Å². The zero-order chi connectivity index (χ0) is 14.3. The second-order valence-electron chi connectivity index (χ2n) is 4.90. The molecule has 0 saturated carbocycles. The van der Waals surface area contributed by atoms with Crippen LogP contribution in [0.15, 0.2) is 24.3 Å². The van der Waals surface area contributed by atoms with Crippen molar-refractivity contribution in [1.29, 1.82) is 0 Å². The molecule has 1 aromatic carbocycles. The Labute approximate surface area is 114 Å². The van der Waals surface area contributed by atoms with E-state index in [1.165, 1.54) is 0 Å². The molecule has 6 heteroatoms. The highest BCUT2D eigenvalue weighted by Gasteiger charge is 2.36. The topological polar surface area (TPSA) is 89.9 Å². The molecule has 1 aromatic rings. The molecule has 0 bridgehead atoms. The van der Waals surface area contributed by atoms with E-state index in [4.69, 9.17) is 0 Å². The first kappa shape index (κ1) is 12.8. The summed E-state index contributed by atoms with van der Waals surface area (Å²) in [5.74, 6) is -2.58. The third kappa shape index (κ3) is 2.18. The van der Waals surface area contributed by atoms with E-state index in [0.29, 0.717) is 11.1 Å². The summed E-state index contributed by atoms with van der Waals surface area (Å²) in [7, 11) is 0. The second kappa shape index (κ2) is 4.72. The summed E-state index contributed by atoms with van der Waals surface area (Å²) in [4.78, 5) is 34.1. The number of rotatable bonds is 2. The molecule has 6 nitrogen and oxygen atoms in total. The van der Waals surface area contributed by atoms with Gasteiger partial charge >= 0.3 is 17.9 Å². The van der Waals surface area contributed by atoms with Crippen molar-refractivity contribution in [2.45, 2.75) is 31.0 Å². The Bertz CT molecular complexity index is 576. The minimum Gasteiger partial charge on any atom is -0.435 e.